The van der Waals surface area contributed by atoms with Gasteiger partial charge in [0.2, 0.25) is 0 Å². The van der Waals surface area contributed by atoms with Crippen LogP contribution in [-0.4, -0.2) is 35.0 Å². The Balaban J connectivity index is 2.17. The molecule has 1 fully saturated rings. The van der Waals surface area contributed by atoms with Crippen LogP contribution in [-0.2, 0) is 11.3 Å². The summed E-state index contributed by atoms with van der Waals surface area (Å²) in [6, 6.07) is 7.21. The third-order valence-corrected chi connectivity index (χ3v) is 3.53. The highest BCUT2D eigenvalue weighted by Crippen LogP contribution is 2.20. The largest absolute Gasteiger partial charge is 0.481 e. The van der Waals surface area contributed by atoms with Crippen molar-refractivity contribution >= 4 is 11.9 Å². The number of benzene rings is 1. The highest BCUT2D eigenvalue weighted by atomic mass is 16.4. The summed E-state index contributed by atoms with van der Waals surface area (Å²) in [6.07, 6.45) is 1.37. The lowest BCUT2D eigenvalue weighted by Gasteiger charge is -2.31. The molecule has 1 saturated heterocycles. The van der Waals surface area contributed by atoms with E-state index in [4.69, 9.17) is 10.8 Å². The fourth-order valence-corrected chi connectivity index (χ4v) is 2.44. The van der Waals surface area contributed by atoms with Crippen molar-refractivity contribution in [2.24, 2.45) is 11.7 Å². The average molecular weight is 262 g/mol. The zero-order chi connectivity index (χ0) is 13.8. The van der Waals surface area contributed by atoms with Gasteiger partial charge in [0.25, 0.3) is 5.91 Å². The molecule has 0 saturated carbocycles. The molecule has 1 aliphatic rings. The first-order chi connectivity index (χ1) is 9.13. The molecule has 102 valence electrons. The van der Waals surface area contributed by atoms with Crippen LogP contribution in [0.2, 0.25) is 0 Å². The molecule has 5 nitrogen and oxygen atoms in total. The minimum Gasteiger partial charge on any atom is -0.481 e. The van der Waals surface area contributed by atoms with Crippen molar-refractivity contribution < 1.29 is 14.7 Å². The van der Waals surface area contributed by atoms with Crippen LogP contribution in [0.15, 0.2) is 24.3 Å². The van der Waals surface area contributed by atoms with Crippen molar-refractivity contribution in [3.63, 3.8) is 0 Å². The molecule has 0 aromatic heterocycles. The number of likely N-dealkylation sites (tertiary alicyclic amines) is 1. The number of hydrogen-bond donors (Lipinski definition) is 2. The summed E-state index contributed by atoms with van der Waals surface area (Å²) in [5.74, 6) is -1.40. The first-order valence-electron chi connectivity index (χ1n) is 6.43. The number of carbonyl (C=O) groups is 2. The molecule has 1 heterocycles. The van der Waals surface area contributed by atoms with E-state index in [1.807, 2.05) is 12.1 Å². The van der Waals surface area contributed by atoms with Gasteiger partial charge in [-0.25, -0.2) is 0 Å². The average Bonchev–Trinajstić information content (AvgIpc) is 2.46. The summed E-state index contributed by atoms with van der Waals surface area (Å²) in [5, 5.41) is 9.05. The highest BCUT2D eigenvalue weighted by molar-refractivity contribution is 5.96. The fourth-order valence-electron chi connectivity index (χ4n) is 2.44. The summed E-state index contributed by atoms with van der Waals surface area (Å²) in [6.45, 7) is 1.20. The molecule has 2 rings (SSSR count). The maximum absolute atomic E-state index is 12.4. The van der Waals surface area contributed by atoms with Gasteiger partial charge in [-0.05, 0) is 24.5 Å². The van der Waals surface area contributed by atoms with Gasteiger partial charge in [0, 0.05) is 25.2 Å². The van der Waals surface area contributed by atoms with Gasteiger partial charge in [-0.3, -0.25) is 9.59 Å². The number of carboxylic acids is 1. The Hall–Kier alpha value is -1.88. The van der Waals surface area contributed by atoms with Crippen LogP contribution >= 0.6 is 0 Å². The van der Waals surface area contributed by atoms with Crippen LogP contribution in [0.4, 0.5) is 0 Å². The molecule has 0 aliphatic carbocycles. The van der Waals surface area contributed by atoms with E-state index in [9.17, 15) is 9.59 Å². The van der Waals surface area contributed by atoms with Gasteiger partial charge in [0.1, 0.15) is 0 Å². The lowest BCUT2D eigenvalue weighted by molar-refractivity contribution is -0.143. The van der Waals surface area contributed by atoms with Crippen molar-refractivity contribution in [3.05, 3.63) is 35.4 Å². The lowest BCUT2D eigenvalue weighted by Crippen LogP contribution is -2.42. The van der Waals surface area contributed by atoms with Gasteiger partial charge >= 0.3 is 5.97 Å². The highest BCUT2D eigenvalue weighted by Gasteiger charge is 2.29. The van der Waals surface area contributed by atoms with Crippen LogP contribution < -0.4 is 5.73 Å². The molecule has 1 aliphatic heterocycles. The van der Waals surface area contributed by atoms with Crippen molar-refractivity contribution in [1.29, 1.82) is 0 Å². The van der Waals surface area contributed by atoms with Gasteiger partial charge in [0.15, 0.2) is 0 Å². The molecule has 19 heavy (non-hydrogen) atoms. The number of nitrogens with zero attached hydrogens (tertiary/aromatic N) is 1. The molecule has 1 atom stereocenters. The molecule has 1 aromatic rings. The lowest BCUT2D eigenvalue weighted by atomic mass is 9.97. The second-order valence-corrected chi connectivity index (χ2v) is 4.79. The number of carbonyl (C=O) groups excluding carboxylic acids is 1. The zero-order valence-electron chi connectivity index (χ0n) is 10.7. The smallest absolute Gasteiger partial charge is 0.308 e. The summed E-state index contributed by atoms with van der Waals surface area (Å²) in [7, 11) is 0. The quantitative estimate of drug-likeness (QED) is 0.853. The van der Waals surface area contributed by atoms with Crippen LogP contribution in [0.1, 0.15) is 28.8 Å². The van der Waals surface area contributed by atoms with E-state index in [0.717, 1.165) is 12.0 Å². The minimum absolute atomic E-state index is 0.119. The summed E-state index contributed by atoms with van der Waals surface area (Å²) in [4.78, 5) is 25.1. The number of aliphatic carboxylic acids is 1. The predicted octanol–water partition coefficient (Wildman–Crippen LogP) is 1.08. The Bertz CT molecular complexity index is 487. The minimum atomic E-state index is -0.829. The fraction of sp³-hybridized carbons (Fsp3) is 0.429. The van der Waals surface area contributed by atoms with E-state index < -0.39 is 11.9 Å². The van der Waals surface area contributed by atoms with Gasteiger partial charge in [-0.1, -0.05) is 18.2 Å². The molecular formula is C14H18N2O3. The molecule has 0 spiro atoms. The number of hydrogen-bond acceptors (Lipinski definition) is 3. The molecule has 1 amide bonds. The van der Waals surface area contributed by atoms with Crippen LogP contribution in [0, 0.1) is 5.92 Å². The summed E-state index contributed by atoms with van der Waals surface area (Å²) < 4.78 is 0. The van der Waals surface area contributed by atoms with Crippen LogP contribution in [0.25, 0.3) is 0 Å². The van der Waals surface area contributed by atoms with E-state index in [0.29, 0.717) is 25.1 Å². The van der Waals surface area contributed by atoms with Crippen molar-refractivity contribution in [2.75, 3.05) is 13.1 Å². The summed E-state index contributed by atoms with van der Waals surface area (Å²) >= 11 is 0. The predicted molar refractivity (Wildman–Crippen MR) is 70.6 cm³/mol. The van der Waals surface area contributed by atoms with Crippen molar-refractivity contribution in [1.82, 2.24) is 4.90 Å². The zero-order valence-corrected chi connectivity index (χ0v) is 10.7. The van der Waals surface area contributed by atoms with Crippen molar-refractivity contribution in [3.8, 4) is 0 Å². The van der Waals surface area contributed by atoms with E-state index in [2.05, 4.69) is 0 Å². The van der Waals surface area contributed by atoms with Gasteiger partial charge in [-0.15, -0.1) is 0 Å². The van der Waals surface area contributed by atoms with E-state index in [1.165, 1.54) is 0 Å². The SMILES string of the molecule is NCc1ccccc1C(=O)N1CCCC(C(=O)O)C1. The Morgan fingerprint density at radius 3 is 2.79 bits per heavy atom. The number of amides is 1. The second-order valence-electron chi connectivity index (χ2n) is 4.79. The third kappa shape index (κ3) is 2.93. The Morgan fingerprint density at radius 2 is 2.11 bits per heavy atom. The van der Waals surface area contributed by atoms with E-state index in [-0.39, 0.29) is 12.5 Å². The second kappa shape index (κ2) is 5.84. The summed E-state index contributed by atoms with van der Waals surface area (Å²) in [5.41, 5.74) is 7.00. The Morgan fingerprint density at radius 1 is 1.37 bits per heavy atom. The standard InChI is InChI=1S/C14H18N2O3/c15-8-10-4-1-2-6-12(10)13(17)16-7-3-5-11(9-16)14(18)19/h1-2,4,6,11H,3,5,7-9,15H2,(H,18,19). The number of rotatable bonds is 3. The van der Waals surface area contributed by atoms with Crippen LogP contribution in [0.5, 0.6) is 0 Å². The first kappa shape index (κ1) is 13.5. The molecule has 1 unspecified atom stereocenters. The third-order valence-electron chi connectivity index (χ3n) is 3.53. The first-order valence-corrected chi connectivity index (χ1v) is 6.43. The topological polar surface area (TPSA) is 83.6 Å². The maximum Gasteiger partial charge on any atom is 0.308 e. The normalized spacial score (nSPS) is 19.2. The van der Waals surface area contributed by atoms with Gasteiger partial charge in [0.05, 0.1) is 5.92 Å². The monoisotopic (exact) mass is 262 g/mol. The van der Waals surface area contributed by atoms with Gasteiger partial charge < -0.3 is 15.7 Å². The molecule has 0 radical (unpaired) electrons. The molecule has 3 N–H and O–H groups in total. The van der Waals surface area contributed by atoms with Gasteiger partial charge in [-0.2, -0.15) is 0 Å². The molecule has 0 bridgehead atoms. The molecule has 1 aromatic carbocycles. The Labute approximate surface area is 112 Å². The number of carboxylic acid groups (broad SMARTS) is 1. The maximum atomic E-state index is 12.4. The van der Waals surface area contributed by atoms with Crippen molar-refractivity contribution in [2.45, 2.75) is 19.4 Å². The van der Waals surface area contributed by atoms with E-state index in [1.54, 1.807) is 17.0 Å². The molecule has 5 heteroatoms. The van der Waals surface area contributed by atoms with Crippen LogP contribution in [0.3, 0.4) is 0 Å². The number of piperidine rings is 1. The van der Waals surface area contributed by atoms with E-state index >= 15 is 0 Å². The number of nitrogens with two attached hydrogens (primary N) is 1. The Kier molecular flexibility index (Phi) is 4.16. The molecular weight excluding hydrogens is 244 g/mol.